The van der Waals surface area contributed by atoms with Gasteiger partial charge < -0.3 is 16.8 Å². The number of nitrogens with zero attached hydrogens (tertiary/aromatic N) is 4. The van der Waals surface area contributed by atoms with Crippen LogP contribution in [0.5, 0.6) is 0 Å². The van der Waals surface area contributed by atoms with Crippen LogP contribution in [0.15, 0.2) is 51.4 Å². The number of rotatable bonds is 5. The molecule has 0 aliphatic carbocycles. The van der Waals surface area contributed by atoms with Crippen LogP contribution in [0.25, 0.3) is 0 Å². The molecule has 0 unspecified atom stereocenters. The maximum atomic E-state index is 12.0. The second kappa shape index (κ2) is 8.48. The van der Waals surface area contributed by atoms with E-state index in [0.717, 1.165) is 17.7 Å². The van der Waals surface area contributed by atoms with Gasteiger partial charge in [-0.3, -0.25) is 4.90 Å². The van der Waals surface area contributed by atoms with Crippen LogP contribution in [-0.4, -0.2) is 29.3 Å². The van der Waals surface area contributed by atoms with Crippen molar-refractivity contribution >= 4 is 29.3 Å². The van der Waals surface area contributed by atoms with Crippen molar-refractivity contribution in [2.24, 2.45) is 26.4 Å². The molecule has 0 fully saturated rings. The van der Waals surface area contributed by atoms with Crippen LogP contribution in [-0.2, 0) is 6.54 Å². The SMILES string of the molecule is CC/C=C\C(C)=NC(=O)NCc1cccc(N2C(N)=NC(N)=NC2(C)C)c1. The molecule has 0 radical (unpaired) electrons. The molecule has 1 aliphatic heterocycles. The predicted octanol–water partition coefficient (Wildman–Crippen LogP) is 2.51. The molecular formula is C19H27N7O. The highest BCUT2D eigenvalue weighted by Gasteiger charge is 2.32. The Balaban J connectivity index is 2.11. The molecule has 5 N–H and O–H groups in total. The average Bonchev–Trinajstić information content (AvgIpc) is 2.57. The molecule has 1 aliphatic rings. The summed E-state index contributed by atoms with van der Waals surface area (Å²) in [5.41, 5.74) is 13.5. The van der Waals surface area contributed by atoms with E-state index in [4.69, 9.17) is 11.5 Å². The number of allylic oxidation sites excluding steroid dienone is 2. The van der Waals surface area contributed by atoms with E-state index in [2.05, 4.69) is 20.3 Å². The third kappa shape index (κ3) is 5.40. The topological polar surface area (TPSA) is 121 Å². The van der Waals surface area contributed by atoms with E-state index in [1.165, 1.54) is 0 Å². The minimum absolute atomic E-state index is 0.155. The van der Waals surface area contributed by atoms with Crippen LogP contribution in [0.1, 0.15) is 39.7 Å². The number of carbonyl (C=O) groups excluding carboxylic acids is 1. The van der Waals surface area contributed by atoms with Crippen LogP contribution < -0.4 is 21.7 Å². The summed E-state index contributed by atoms with van der Waals surface area (Å²) in [6.45, 7) is 7.96. The lowest BCUT2D eigenvalue weighted by molar-refractivity contribution is 0.249. The van der Waals surface area contributed by atoms with Gasteiger partial charge in [0.05, 0.1) is 0 Å². The average molecular weight is 369 g/mol. The van der Waals surface area contributed by atoms with E-state index < -0.39 is 5.66 Å². The number of nitrogens with one attached hydrogen (secondary N) is 1. The molecule has 0 spiro atoms. The number of guanidine groups is 2. The van der Waals surface area contributed by atoms with Crippen molar-refractivity contribution in [3.8, 4) is 0 Å². The first-order chi connectivity index (χ1) is 12.7. The van der Waals surface area contributed by atoms with Gasteiger partial charge in [0.2, 0.25) is 11.9 Å². The van der Waals surface area contributed by atoms with Gasteiger partial charge in [-0.1, -0.05) is 25.1 Å². The second-order valence-electron chi connectivity index (χ2n) is 6.66. The molecule has 1 aromatic carbocycles. The molecule has 8 nitrogen and oxygen atoms in total. The molecule has 0 aromatic heterocycles. The Kier molecular flexibility index (Phi) is 6.33. The minimum Gasteiger partial charge on any atom is -0.369 e. The lowest BCUT2D eigenvalue weighted by Crippen LogP contribution is -2.54. The van der Waals surface area contributed by atoms with Gasteiger partial charge in [0, 0.05) is 17.9 Å². The van der Waals surface area contributed by atoms with E-state index in [9.17, 15) is 4.79 Å². The van der Waals surface area contributed by atoms with Gasteiger partial charge in [-0.2, -0.15) is 9.98 Å². The van der Waals surface area contributed by atoms with E-state index >= 15 is 0 Å². The molecule has 2 amide bonds. The van der Waals surface area contributed by atoms with Gasteiger partial charge in [-0.15, -0.1) is 0 Å². The van der Waals surface area contributed by atoms with Crippen molar-refractivity contribution in [3.05, 3.63) is 42.0 Å². The summed E-state index contributed by atoms with van der Waals surface area (Å²) in [5.74, 6) is 0.430. The van der Waals surface area contributed by atoms with Crippen molar-refractivity contribution in [3.63, 3.8) is 0 Å². The maximum absolute atomic E-state index is 12.0. The number of benzene rings is 1. The monoisotopic (exact) mass is 369 g/mol. The van der Waals surface area contributed by atoms with Crippen LogP contribution in [0.4, 0.5) is 10.5 Å². The Hall–Kier alpha value is -3.16. The molecule has 1 aromatic rings. The third-order valence-electron chi connectivity index (χ3n) is 3.88. The van der Waals surface area contributed by atoms with E-state index in [1.54, 1.807) is 11.8 Å². The Morgan fingerprint density at radius 1 is 1.37 bits per heavy atom. The van der Waals surface area contributed by atoms with Crippen LogP contribution in [0.2, 0.25) is 0 Å². The van der Waals surface area contributed by atoms with Crippen molar-refractivity contribution in [2.75, 3.05) is 4.90 Å². The molecule has 2 rings (SSSR count). The Labute approximate surface area is 159 Å². The molecule has 0 saturated carbocycles. The quantitative estimate of drug-likeness (QED) is 0.690. The van der Waals surface area contributed by atoms with Gasteiger partial charge in [-0.25, -0.2) is 9.79 Å². The smallest absolute Gasteiger partial charge is 0.341 e. The lowest BCUT2D eigenvalue weighted by atomic mass is 10.1. The van der Waals surface area contributed by atoms with Crippen LogP contribution >= 0.6 is 0 Å². The zero-order chi connectivity index (χ0) is 20.0. The number of nitrogens with two attached hydrogens (primary N) is 2. The Morgan fingerprint density at radius 2 is 2.11 bits per heavy atom. The predicted molar refractivity (Wildman–Crippen MR) is 111 cm³/mol. The third-order valence-corrected chi connectivity index (χ3v) is 3.88. The first kappa shape index (κ1) is 20.2. The number of anilines is 1. The summed E-state index contributed by atoms with van der Waals surface area (Å²) in [5, 5.41) is 2.79. The van der Waals surface area contributed by atoms with Crippen molar-refractivity contribution in [2.45, 2.75) is 46.3 Å². The Morgan fingerprint density at radius 3 is 2.78 bits per heavy atom. The standard InChI is InChI=1S/C19H27N7O/c1-5-6-8-13(2)23-18(27)22-12-14-9-7-10-15(11-14)26-17(21)24-16(20)25-19(26,3)4/h6-11H,5,12H2,1-4H3,(H,22,27)(H4,20,21,24,25)/b8-6-,23-13?. The Bertz CT molecular complexity index is 821. The zero-order valence-electron chi connectivity index (χ0n) is 16.2. The highest BCUT2D eigenvalue weighted by atomic mass is 16.2. The summed E-state index contributed by atoms with van der Waals surface area (Å²) in [6, 6.07) is 7.26. The highest BCUT2D eigenvalue weighted by molar-refractivity contribution is 6.05. The fourth-order valence-electron chi connectivity index (χ4n) is 2.76. The van der Waals surface area contributed by atoms with Crippen molar-refractivity contribution in [1.82, 2.24) is 5.32 Å². The van der Waals surface area contributed by atoms with E-state index in [0.29, 0.717) is 12.3 Å². The van der Waals surface area contributed by atoms with Crippen LogP contribution in [0.3, 0.4) is 0 Å². The fraction of sp³-hybridized carbons (Fsp3) is 0.368. The largest absolute Gasteiger partial charge is 0.369 e. The molecule has 27 heavy (non-hydrogen) atoms. The van der Waals surface area contributed by atoms with E-state index in [-0.39, 0.29) is 18.0 Å². The van der Waals surface area contributed by atoms with Gasteiger partial charge in [0.1, 0.15) is 5.66 Å². The summed E-state index contributed by atoms with van der Waals surface area (Å²) >= 11 is 0. The normalized spacial score (nSPS) is 16.9. The number of amides is 2. The fourth-order valence-corrected chi connectivity index (χ4v) is 2.76. The molecule has 0 atom stereocenters. The number of hydrogen-bond acceptors (Lipinski definition) is 6. The van der Waals surface area contributed by atoms with Gasteiger partial charge in [0.15, 0.2) is 0 Å². The summed E-state index contributed by atoms with van der Waals surface area (Å²) in [6.07, 6.45) is 4.68. The number of urea groups is 1. The highest BCUT2D eigenvalue weighted by Crippen LogP contribution is 2.27. The lowest BCUT2D eigenvalue weighted by Gasteiger charge is -2.38. The van der Waals surface area contributed by atoms with Crippen molar-refractivity contribution in [1.29, 1.82) is 0 Å². The molecule has 8 heteroatoms. The second-order valence-corrected chi connectivity index (χ2v) is 6.66. The molecule has 1 heterocycles. The summed E-state index contributed by atoms with van der Waals surface area (Å²) < 4.78 is 0. The summed E-state index contributed by atoms with van der Waals surface area (Å²) in [4.78, 5) is 26.1. The molecule has 0 saturated heterocycles. The maximum Gasteiger partial charge on any atom is 0.341 e. The van der Waals surface area contributed by atoms with Crippen molar-refractivity contribution < 1.29 is 4.79 Å². The molecular weight excluding hydrogens is 342 g/mol. The van der Waals surface area contributed by atoms with Gasteiger partial charge >= 0.3 is 6.03 Å². The molecule has 0 bridgehead atoms. The van der Waals surface area contributed by atoms with Crippen LogP contribution in [0, 0.1) is 0 Å². The molecule has 144 valence electrons. The van der Waals surface area contributed by atoms with Gasteiger partial charge in [-0.05, 0) is 51.0 Å². The first-order valence-electron chi connectivity index (χ1n) is 8.81. The first-order valence-corrected chi connectivity index (χ1v) is 8.81. The number of carbonyl (C=O) groups is 1. The zero-order valence-corrected chi connectivity index (χ0v) is 16.2. The van der Waals surface area contributed by atoms with Gasteiger partial charge in [0.25, 0.3) is 0 Å². The minimum atomic E-state index is -0.662. The number of hydrogen-bond donors (Lipinski definition) is 3. The van der Waals surface area contributed by atoms with E-state index in [1.807, 2.05) is 57.2 Å². The summed E-state index contributed by atoms with van der Waals surface area (Å²) in [7, 11) is 0. The number of aliphatic imine (C=N–C) groups is 3.